The second-order valence-corrected chi connectivity index (χ2v) is 11.2. The molecule has 1 unspecified atom stereocenters. The number of fused-ring (bicyclic) bond motifs is 1. The summed E-state index contributed by atoms with van der Waals surface area (Å²) in [6, 6.07) is 8.39. The van der Waals surface area contributed by atoms with Gasteiger partial charge in [0.25, 0.3) is 5.19 Å². The van der Waals surface area contributed by atoms with Gasteiger partial charge in [-0.3, -0.25) is 9.69 Å². The molecule has 2 aliphatic heterocycles. The van der Waals surface area contributed by atoms with E-state index in [0.717, 1.165) is 66.3 Å². The summed E-state index contributed by atoms with van der Waals surface area (Å²) in [6.07, 6.45) is 5.26. The minimum Gasteiger partial charge on any atom is -0.467 e. The Morgan fingerprint density at radius 2 is 1.89 bits per heavy atom. The lowest BCUT2D eigenvalue weighted by atomic mass is 9.92. The lowest BCUT2D eigenvalue weighted by Gasteiger charge is -2.33. The van der Waals surface area contributed by atoms with Crippen molar-refractivity contribution in [3.8, 4) is 16.5 Å². The average Bonchev–Trinajstić information content (AvgIpc) is 3.68. The lowest BCUT2D eigenvalue weighted by Crippen LogP contribution is -2.38. The Hall–Kier alpha value is -3.60. The molecule has 2 aliphatic rings. The molecule has 6 heterocycles. The summed E-state index contributed by atoms with van der Waals surface area (Å²) in [5.41, 5.74) is 2.54. The molecule has 0 N–H and O–H groups in total. The first-order valence-corrected chi connectivity index (χ1v) is 14.1. The Morgan fingerprint density at radius 3 is 2.58 bits per heavy atom. The Kier molecular flexibility index (Phi) is 6.69. The van der Waals surface area contributed by atoms with Crippen LogP contribution in [0.15, 0.2) is 35.0 Å². The predicted molar refractivity (Wildman–Crippen MR) is 146 cm³/mol. The smallest absolute Gasteiger partial charge is 0.324 e. The van der Waals surface area contributed by atoms with Crippen LogP contribution in [-0.4, -0.2) is 56.7 Å². The summed E-state index contributed by atoms with van der Waals surface area (Å²) in [5, 5.41) is 4.72. The molecule has 4 aromatic heterocycles. The number of hydrogen-bond acceptors (Lipinski definition) is 10. The topological polar surface area (TPSA) is 110 Å². The van der Waals surface area contributed by atoms with Gasteiger partial charge >= 0.3 is 6.01 Å². The Balaban J connectivity index is 1.08. The van der Waals surface area contributed by atoms with E-state index in [1.807, 2.05) is 24.3 Å². The van der Waals surface area contributed by atoms with Gasteiger partial charge in [0.2, 0.25) is 5.91 Å². The van der Waals surface area contributed by atoms with Crippen LogP contribution in [0.2, 0.25) is 0 Å². The highest BCUT2D eigenvalue weighted by Crippen LogP contribution is 2.33. The Morgan fingerprint density at radius 1 is 1.05 bits per heavy atom. The van der Waals surface area contributed by atoms with E-state index < -0.39 is 0 Å². The van der Waals surface area contributed by atoms with E-state index in [-0.39, 0.29) is 17.9 Å². The molecule has 198 valence electrons. The zero-order valence-electron chi connectivity index (χ0n) is 21.8. The van der Waals surface area contributed by atoms with Crippen LogP contribution in [0.1, 0.15) is 58.2 Å². The zero-order chi connectivity index (χ0) is 26.2. The van der Waals surface area contributed by atoms with Crippen LogP contribution < -0.4 is 14.5 Å². The molecule has 38 heavy (non-hydrogen) atoms. The largest absolute Gasteiger partial charge is 0.467 e. The van der Waals surface area contributed by atoms with E-state index in [2.05, 4.69) is 45.8 Å². The summed E-state index contributed by atoms with van der Waals surface area (Å²) >= 11 is 1.46. The maximum Gasteiger partial charge on any atom is 0.324 e. The fourth-order valence-corrected chi connectivity index (χ4v) is 5.87. The van der Waals surface area contributed by atoms with E-state index >= 15 is 0 Å². The number of amides is 1. The van der Waals surface area contributed by atoms with Crippen molar-refractivity contribution in [1.29, 1.82) is 0 Å². The van der Waals surface area contributed by atoms with Crippen LogP contribution in [0.4, 0.5) is 11.8 Å². The van der Waals surface area contributed by atoms with Gasteiger partial charge in [-0.05, 0) is 56.4 Å². The van der Waals surface area contributed by atoms with E-state index in [0.29, 0.717) is 29.4 Å². The lowest BCUT2D eigenvalue weighted by molar-refractivity contribution is -0.117. The first kappa shape index (κ1) is 24.7. The van der Waals surface area contributed by atoms with Crippen LogP contribution in [0.5, 0.6) is 5.19 Å². The minimum absolute atomic E-state index is 0.0381. The van der Waals surface area contributed by atoms with Crippen molar-refractivity contribution < 1.29 is 14.1 Å². The fourth-order valence-electron chi connectivity index (χ4n) is 5.00. The molecule has 0 radical (unpaired) electrons. The van der Waals surface area contributed by atoms with Crippen molar-refractivity contribution in [3.05, 3.63) is 36.3 Å². The van der Waals surface area contributed by atoms with E-state index in [9.17, 15) is 4.79 Å². The van der Waals surface area contributed by atoms with Crippen molar-refractivity contribution in [1.82, 2.24) is 25.1 Å². The monoisotopic (exact) mass is 533 g/mol. The molecule has 1 atom stereocenters. The summed E-state index contributed by atoms with van der Waals surface area (Å²) < 4.78 is 11.8. The number of carbonyl (C=O) groups excluding carboxylic acids is 1. The highest BCUT2D eigenvalue weighted by atomic mass is 32.1. The molecule has 1 amide bonds. The molecule has 6 rings (SSSR count). The summed E-state index contributed by atoms with van der Waals surface area (Å²) in [4.78, 5) is 35.3. The van der Waals surface area contributed by atoms with Gasteiger partial charge in [-0.15, -0.1) is 0 Å². The number of pyridine rings is 2. The molecule has 2 saturated heterocycles. The van der Waals surface area contributed by atoms with Gasteiger partial charge in [-0.2, -0.15) is 4.98 Å². The molecule has 0 aliphatic carbocycles. The first-order valence-electron chi connectivity index (χ1n) is 13.2. The number of carbonyl (C=O) groups is 1. The zero-order valence-corrected chi connectivity index (χ0v) is 22.6. The van der Waals surface area contributed by atoms with Gasteiger partial charge in [0.05, 0.1) is 5.69 Å². The van der Waals surface area contributed by atoms with Gasteiger partial charge in [0.15, 0.2) is 5.82 Å². The van der Waals surface area contributed by atoms with Gasteiger partial charge < -0.3 is 14.2 Å². The van der Waals surface area contributed by atoms with Crippen LogP contribution in [-0.2, 0) is 4.79 Å². The highest BCUT2D eigenvalue weighted by molar-refractivity contribution is 7.19. The van der Waals surface area contributed by atoms with Crippen LogP contribution in [0.3, 0.4) is 0 Å². The fraction of sp³-hybridized carbons (Fsp3) is 0.481. The Labute approximate surface area is 225 Å². The third-order valence-electron chi connectivity index (χ3n) is 7.34. The van der Waals surface area contributed by atoms with Crippen molar-refractivity contribution in [3.63, 3.8) is 0 Å². The second kappa shape index (κ2) is 10.3. The summed E-state index contributed by atoms with van der Waals surface area (Å²) in [5.74, 6) is 2.25. The predicted octanol–water partition coefficient (Wildman–Crippen LogP) is 5.07. The average molecular weight is 534 g/mol. The summed E-state index contributed by atoms with van der Waals surface area (Å²) in [7, 11) is 0. The number of rotatable bonds is 7. The van der Waals surface area contributed by atoms with Crippen LogP contribution in [0.25, 0.3) is 21.6 Å². The molecule has 10 nitrogen and oxygen atoms in total. The highest BCUT2D eigenvalue weighted by Gasteiger charge is 2.28. The van der Waals surface area contributed by atoms with E-state index in [4.69, 9.17) is 14.2 Å². The molecular weight excluding hydrogens is 502 g/mol. The molecule has 0 aromatic carbocycles. The van der Waals surface area contributed by atoms with Gasteiger partial charge in [-0.1, -0.05) is 30.3 Å². The molecule has 0 saturated carbocycles. The normalized spacial score (nSPS) is 17.6. The Bertz CT molecular complexity index is 1430. The van der Waals surface area contributed by atoms with Crippen molar-refractivity contribution in [2.75, 3.05) is 29.4 Å². The van der Waals surface area contributed by atoms with Crippen LogP contribution >= 0.6 is 11.3 Å². The number of ether oxygens (including phenoxy) is 1. The first-order chi connectivity index (χ1) is 18.4. The number of aromatic nitrogens is 5. The molecule has 2 fully saturated rings. The molecule has 0 bridgehead atoms. The third-order valence-corrected chi connectivity index (χ3v) is 8.19. The minimum atomic E-state index is 0.0381. The molecule has 11 heteroatoms. The van der Waals surface area contributed by atoms with E-state index in [1.54, 1.807) is 11.1 Å². The van der Waals surface area contributed by atoms with Crippen molar-refractivity contribution in [2.24, 2.45) is 5.92 Å². The van der Waals surface area contributed by atoms with Crippen molar-refractivity contribution >= 4 is 39.4 Å². The van der Waals surface area contributed by atoms with Crippen molar-refractivity contribution in [2.45, 2.75) is 58.5 Å². The number of anilines is 2. The second-order valence-electron chi connectivity index (χ2n) is 10.3. The SMILES string of the molecule is CC(C)c1noc(N2CCC(C(C)Oc3nc4ccc(-c5ccc(N6CCCC6=O)nc5)nc4s3)CC2)n1. The van der Waals surface area contributed by atoms with Gasteiger partial charge in [-0.25, -0.2) is 15.0 Å². The number of piperidine rings is 1. The molecule has 4 aromatic rings. The quantitative estimate of drug-likeness (QED) is 0.321. The summed E-state index contributed by atoms with van der Waals surface area (Å²) in [6.45, 7) is 8.70. The number of thiazole rings is 1. The maximum atomic E-state index is 12.0. The standard InChI is InChI=1S/C27H31N7O3S/c1-16(2)24-31-26(37-32-24)33-13-10-18(11-14-33)17(3)36-27-30-21-8-7-20(29-25(21)38-27)19-6-9-22(28-15-19)34-12-4-5-23(34)35/h6-9,15-18H,4-5,10-14H2,1-3H3. The maximum absolute atomic E-state index is 12.0. The van der Waals surface area contributed by atoms with Gasteiger partial charge in [0, 0.05) is 43.7 Å². The van der Waals surface area contributed by atoms with Gasteiger partial charge in [0.1, 0.15) is 22.3 Å². The third kappa shape index (κ3) is 4.94. The molecule has 0 spiro atoms. The molecular formula is C27H31N7O3S. The number of nitrogens with zero attached hydrogens (tertiary/aromatic N) is 7. The number of hydrogen-bond donors (Lipinski definition) is 0. The van der Waals surface area contributed by atoms with E-state index in [1.165, 1.54) is 11.3 Å². The van der Waals surface area contributed by atoms with Crippen LogP contribution in [0, 0.1) is 5.92 Å².